The van der Waals surface area contributed by atoms with Crippen LogP contribution >= 0.6 is 27.3 Å². The quantitative estimate of drug-likeness (QED) is 0.767. The fourth-order valence-electron chi connectivity index (χ4n) is 1.81. The van der Waals surface area contributed by atoms with E-state index in [0.717, 1.165) is 0 Å². The van der Waals surface area contributed by atoms with E-state index in [2.05, 4.69) is 15.9 Å². The van der Waals surface area contributed by atoms with E-state index in [1.165, 1.54) is 15.6 Å². The van der Waals surface area contributed by atoms with Gasteiger partial charge in [-0.2, -0.15) is 15.6 Å². The molecule has 1 aliphatic rings. The largest absolute Gasteiger partial charge is 0.336 e. The summed E-state index contributed by atoms with van der Waals surface area (Å²) in [6.45, 7) is 1.62. The number of hydrogen-bond acceptors (Lipinski definition) is 4. The molecule has 0 spiro atoms. The maximum Gasteiger partial charge on any atom is 0.254 e. The maximum atomic E-state index is 12.0. The van der Waals surface area contributed by atoms with Crippen molar-refractivity contribution in [1.29, 1.82) is 0 Å². The molecule has 0 saturated carbocycles. The van der Waals surface area contributed by atoms with E-state index < -0.39 is 10.0 Å². The highest BCUT2D eigenvalue weighted by Crippen LogP contribution is 2.14. The van der Waals surface area contributed by atoms with Gasteiger partial charge in [-0.15, -0.1) is 0 Å². The Bertz CT molecular complexity index is 507. The summed E-state index contributed by atoms with van der Waals surface area (Å²) < 4.78 is 24.6. The number of piperazine rings is 1. The summed E-state index contributed by atoms with van der Waals surface area (Å²) in [5.74, 6) is -0.0212. The van der Waals surface area contributed by atoms with Crippen LogP contribution in [0.15, 0.2) is 16.8 Å². The Hall–Kier alpha value is -0.440. The Kier molecular flexibility index (Phi) is 4.41. The highest BCUT2D eigenvalue weighted by atomic mass is 79.9. The predicted octanol–water partition coefficient (Wildman–Crippen LogP) is 1.19. The zero-order valence-electron chi connectivity index (χ0n) is 9.58. The molecule has 0 bridgehead atoms. The number of alkyl halides is 1. The Balaban J connectivity index is 1.97. The van der Waals surface area contributed by atoms with Crippen LogP contribution in [0.4, 0.5) is 0 Å². The van der Waals surface area contributed by atoms with Gasteiger partial charge in [0.2, 0.25) is 10.0 Å². The van der Waals surface area contributed by atoms with Gasteiger partial charge in [0.25, 0.3) is 5.91 Å². The summed E-state index contributed by atoms with van der Waals surface area (Å²) in [6, 6.07) is 1.79. The van der Waals surface area contributed by atoms with Gasteiger partial charge in [0, 0.05) is 31.6 Å². The Morgan fingerprint density at radius 2 is 2.00 bits per heavy atom. The summed E-state index contributed by atoms with van der Waals surface area (Å²) in [5.41, 5.74) is 0.678. The molecule has 100 valence electrons. The van der Waals surface area contributed by atoms with Crippen molar-refractivity contribution < 1.29 is 13.2 Å². The number of carbonyl (C=O) groups excluding carboxylic acids is 1. The highest BCUT2D eigenvalue weighted by molar-refractivity contribution is 9.10. The normalized spacial score (nSPS) is 17.9. The van der Waals surface area contributed by atoms with Gasteiger partial charge in [-0.25, -0.2) is 8.42 Å². The minimum Gasteiger partial charge on any atom is -0.336 e. The molecule has 1 aromatic rings. The monoisotopic (exact) mass is 352 g/mol. The standard InChI is InChI=1S/C10H13BrN2O3S2/c11-8-18(15,16)13-4-2-12(3-5-13)10(14)9-1-6-17-7-9/h1,6-7H,2-5,8H2. The molecule has 1 aliphatic heterocycles. The van der Waals surface area contributed by atoms with Crippen molar-refractivity contribution in [2.75, 3.05) is 30.8 Å². The molecule has 0 N–H and O–H groups in total. The van der Waals surface area contributed by atoms with Gasteiger partial charge in [-0.3, -0.25) is 4.79 Å². The first-order valence-corrected chi connectivity index (χ1v) is 9.07. The van der Waals surface area contributed by atoms with Crippen molar-refractivity contribution in [3.63, 3.8) is 0 Å². The third-order valence-electron chi connectivity index (χ3n) is 2.83. The number of halogens is 1. The molecular formula is C10H13BrN2O3S2. The molecule has 1 fully saturated rings. The van der Waals surface area contributed by atoms with E-state index in [9.17, 15) is 13.2 Å². The van der Waals surface area contributed by atoms with Crippen molar-refractivity contribution in [3.8, 4) is 0 Å². The van der Waals surface area contributed by atoms with Crippen LogP contribution in [0.3, 0.4) is 0 Å². The van der Waals surface area contributed by atoms with Crippen LogP contribution in [0.5, 0.6) is 0 Å². The molecular weight excluding hydrogens is 340 g/mol. The van der Waals surface area contributed by atoms with E-state index in [-0.39, 0.29) is 10.6 Å². The molecule has 0 aliphatic carbocycles. The van der Waals surface area contributed by atoms with E-state index in [1.54, 1.807) is 11.0 Å². The Morgan fingerprint density at radius 1 is 1.33 bits per heavy atom. The van der Waals surface area contributed by atoms with Crippen LogP contribution < -0.4 is 0 Å². The number of rotatable bonds is 3. The third kappa shape index (κ3) is 2.93. The molecule has 18 heavy (non-hydrogen) atoms. The number of hydrogen-bond donors (Lipinski definition) is 0. The second-order valence-electron chi connectivity index (χ2n) is 3.92. The van der Waals surface area contributed by atoms with Gasteiger partial charge in [-0.05, 0) is 11.4 Å². The summed E-state index contributed by atoms with van der Waals surface area (Å²) in [4.78, 5) is 13.7. The van der Waals surface area contributed by atoms with E-state index in [4.69, 9.17) is 0 Å². The molecule has 0 unspecified atom stereocenters. The topological polar surface area (TPSA) is 57.7 Å². The third-order valence-corrected chi connectivity index (χ3v) is 6.67. The number of thiophene rings is 1. The summed E-state index contributed by atoms with van der Waals surface area (Å²) in [7, 11) is -3.21. The SMILES string of the molecule is O=C(c1ccsc1)N1CCN(S(=O)(=O)CBr)CC1. The molecule has 5 nitrogen and oxygen atoms in total. The zero-order chi connectivity index (χ0) is 13.2. The second-order valence-corrected chi connectivity index (χ2v) is 7.98. The van der Waals surface area contributed by atoms with E-state index in [0.29, 0.717) is 31.7 Å². The lowest BCUT2D eigenvalue weighted by atomic mass is 10.2. The molecule has 1 amide bonds. The summed E-state index contributed by atoms with van der Waals surface area (Å²) in [6.07, 6.45) is 0. The fraction of sp³-hybridized carbons (Fsp3) is 0.500. The second kappa shape index (κ2) is 5.68. The first-order valence-electron chi connectivity index (χ1n) is 5.40. The first-order chi connectivity index (χ1) is 8.54. The molecule has 2 rings (SSSR count). The van der Waals surface area contributed by atoms with Crippen molar-refractivity contribution >= 4 is 43.2 Å². The predicted molar refractivity (Wildman–Crippen MR) is 74.5 cm³/mol. The lowest BCUT2D eigenvalue weighted by molar-refractivity contribution is 0.0699. The van der Waals surface area contributed by atoms with E-state index >= 15 is 0 Å². The van der Waals surface area contributed by atoms with Crippen LogP contribution in [-0.2, 0) is 10.0 Å². The van der Waals surface area contributed by atoms with Crippen molar-refractivity contribution in [3.05, 3.63) is 22.4 Å². The number of carbonyl (C=O) groups is 1. The van der Waals surface area contributed by atoms with Crippen LogP contribution in [-0.4, -0.2) is 54.4 Å². The molecule has 8 heteroatoms. The molecule has 0 aromatic carbocycles. The smallest absolute Gasteiger partial charge is 0.254 e. The number of amides is 1. The summed E-state index contributed by atoms with van der Waals surface area (Å²) in [5, 5.41) is 3.67. The number of nitrogens with zero attached hydrogens (tertiary/aromatic N) is 2. The average Bonchev–Trinajstić information content (AvgIpc) is 2.92. The molecule has 2 heterocycles. The van der Waals surface area contributed by atoms with E-state index in [1.807, 2.05) is 10.8 Å². The van der Waals surface area contributed by atoms with Crippen molar-refractivity contribution in [2.45, 2.75) is 0 Å². The van der Waals surface area contributed by atoms with Gasteiger partial charge in [0.1, 0.15) is 4.66 Å². The first kappa shape index (κ1) is 14.0. The maximum absolute atomic E-state index is 12.0. The van der Waals surface area contributed by atoms with Crippen molar-refractivity contribution in [1.82, 2.24) is 9.21 Å². The average molecular weight is 353 g/mol. The van der Waals surface area contributed by atoms with Crippen molar-refractivity contribution in [2.24, 2.45) is 0 Å². The highest BCUT2D eigenvalue weighted by Gasteiger charge is 2.28. The fourth-order valence-corrected chi connectivity index (χ4v) is 4.16. The molecule has 1 aromatic heterocycles. The van der Waals surface area contributed by atoms with Gasteiger partial charge in [0.05, 0.1) is 5.56 Å². The van der Waals surface area contributed by atoms with Crippen LogP contribution in [0.2, 0.25) is 0 Å². The molecule has 1 saturated heterocycles. The lowest BCUT2D eigenvalue weighted by Crippen LogP contribution is -2.50. The zero-order valence-corrected chi connectivity index (χ0v) is 12.8. The summed E-state index contributed by atoms with van der Waals surface area (Å²) >= 11 is 4.45. The van der Waals surface area contributed by atoms with Crippen LogP contribution in [0, 0.1) is 0 Å². The number of sulfonamides is 1. The van der Waals surface area contributed by atoms with Gasteiger partial charge in [0.15, 0.2) is 0 Å². The van der Waals surface area contributed by atoms with Gasteiger partial charge in [-0.1, -0.05) is 15.9 Å². The Morgan fingerprint density at radius 3 is 2.50 bits per heavy atom. The minimum atomic E-state index is -3.21. The molecule has 0 atom stereocenters. The van der Waals surface area contributed by atoms with Gasteiger partial charge < -0.3 is 4.90 Å². The lowest BCUT2D eigenvalue weighted by Gasteiger charge is -2.33. The van der Waals surface area contributed by atoms with Crippen LogP contribution in [0.25, 0.3) is 0 Å². The van der Waals surface area contributed by atoms with Gasteiger partial charge >= 0.3 is 0 Å². The van der Waals surface area contributed by atoms with Crippen LogP contribution in [0.1, 0.15) is 10.4 Å². The molecule has 0 radical (unpaired) electrons. The minimum absolute atomic E-state index is 0.0212. The Labute approximate surface area is 119 Å².